The van der Waals surface area contributed by atoms with Crippen molar-refractivity contribution in [2.75, 3.05) is 45.9 Å². The fraction of sp³-hybridized carbons (Fsp3) is 0.619. The maximum absolute atomic E-state index is 13.2. The first-order valence-electron chi connectivity index (χ1n) is 10.5. The number of thiophene rings is 1. The Labute approximate surface area is 174 Å². The van der Waals surface area contributed by atoms with Crippen molar-refractivity contribution in [1.29, 1.82) is 0 Å². The minimum Gasteiger partial charge on any atom is -0.370 e. The summed E-state index contributed by atoms with van der Waals surface area (Å²) in [7, 11) is 0. The van der Waals surface area contributed by atoms with Gasteiger partial charge in [-0.25, -0.2) is 0 Å². The number of hydrogen-bond donors (Lipinski definition) is 2. The summed E-state index contributed by atoms with van der Waals surface area (Å²) in [5, 5.41) is 5.09. The van der Waals surface area contributed by atoms with Gasteiger partial charge in [0.1, 0.15) is 18.7 Å². The van der Waals surface area contributed by atoms with E-state index in [0.717, 1.165) is 44.1 Å². The Balaban J connectivity index is 1.19. The molecule has 0 aromatic carbocycles. The van der Waals surface area contributed by atoms with Gasteiger partial charge < -0.3 is 24.6 Å². The minimum atomic E-state index is -0.626. The van der Waals surface area contributed by atoms with Crippen LogP contribution in [0.2, 0.25) is 0 Å². The molecule has 2 N–H and O–H groups in total. The van der Waals surface area contributed by atoms with Crippen molar-refractivity contribution in [3.05, 3.63) is 34.5 Å². The van der Waals surface area contributed by atoms with Crippen LogP contribution in [0.4, 0.5) is 0 Å². The number of quaternary nitrogens is 1. The second-order valence-corrected chi connectivity index (χ2v) is 9.46. The van der Waals surface area contributed by atoms with Crippen molar-refractivity contribution in [1.82, 2.24) is 10.2 Å². The number of nitrogens with zero attached hydrogens (tertiary/aromatic N) is 1. The highest BCUT2D eigenvalue weighted by molar-refractivity contribution is 7.09. The van der Waals surface area contributed by atoms with Gasteiger partial charge in [0.15, 0.2) is 0 Å². The van der Waals surface area contributed by atoms with Gasteiger partial charge in [-0.3, -0.25) is 9.59 Å². The molecule has 0 aliphatic carbocycles. The van der Waals surface area contributed by atoms with Crippen molar-refractivity contribution in [2.45, 2.75) is 24.7 Å². The molecule has 4 unspecified atom stereocenters. The quantitative estimate of drug-likeness (QED) is 0.461. The van der Waals surface area contributed by atoms with Crippen molar-refractivity contribution in [2.24, 2.45) is 11.8 Å². The molecule has 1 aromatic heterocycles. The Morgan fingerprint density at radius 3 is 3.03 bits per heavy atom. The number of carbonyl (C=O) groups is 2. The molecule has 8 heteroatoms. The summed E-state index contributed by atoms with van der Waals surface area (Å²) in [6.45, 7) is 6.52. The molecule has 5 heterocycles. The van der Waals surface area contributed by atoms with Gasteiger partial charge in [0.25, 0.3) is 0 Å². The van der Waals surface area contributed by atoms with Crippen LogP contribution in [0.5, 0.6) is 0 Å². The van der Waals surface area contributed by atoms with E-state index in [9.17, 15) is 9.59 Å². The summed E-state index contributed by atoms with van der Waals surface area (Å²) >= 11 is 1.65. The number of likely N-dealkylation sites (tertiary alicyclic amines) is 1. The summed E-state index contributed by atoms with van der Waals surface area (Å²) in [6, 6.07) is 4.04. The van der Waals surface area contributed by atoms with E-state index in [0.29, 0.717) is 19.6 Å². The number of morpholine rings is 1. The summed E-state index contributed by atoms with van der Waals surface area (Å²) in [5.74, 6) is -0.823. The zero-order valence-electron chi connectivity index (χ0n) is 16.5. The Hall–Kier alpha value is -1.74. The van der Waals surface area contributed by atoms with Gasteiger partial charge in [-0.15, -0.1) is 11.3 Å². The van der Waals surface area contributed by atoms with Gasteiger partial charge in [-0.2, -0.15) is 0 Å². The number of hydrogen-bond acceptors (Lipinski definition) is 5. The van der Waals surface area contributed by atoms with Crippen LogP contribution in [-0.2, 0) is 25.6 Å². The molecular weight excluding hydrogens is 390 g/mol. The van der Waals surface area contributed by atoms with Crippen LogP contribution in [0.3, 0.4) is 0 Å². The first-order chi connectivity index (χ1) is 14.2. The molecule has 7 nitrogen and oxygen atoms in total. The summed E-state index contributed by atoms with van der Waals surface area (Å²) in [5.41, 5.74) is -0.626. The number of fused-ring (bicyclic) bond motifs is 1. The van der Waals surface area contributed by atoms with Crippen LogP contribution in [0.15, 0.2) is 29.7 Å². The minimum absolute atomic E-state index is 0.0446. The SMILES string of the molecule is O=C(NCCC[NH+]1CCOCC1)C1C2C=CC3(CN(Cc4cccs4)C(=O)C13)O2. The van der Waals surface area contributed by atoms with Crippen LogP contribution < -0.4 is 10.2 Å². The van der Waals surface area contributed by atoms with Crippen molar-refractivity contribution < 1.29 is 24.0 Å². The molecule has 2 bridgehead atoms. The average molecular weight is 419 g/mol. The Morgan fingerprint density at radius 1 is 1.38 bits per heavy atom. The molecule has 29 heavy (non-hydrogen) atoms. The topological polar surface area (TPSA) is 72.3 Å². The summed E-state index contributed by atoms with van der Waals surface area (Å²) in [4.78, 5) is 30.7. The van der Waals surface area contributed by atoms with E-state index in [4.69, 9.17) is 9.47 Å². The number of ether oxygens (including phenoxy) is 2. The Morgan fingerprint density at radius 2 is 2.24 bits per heavy atom. The molecule has 3 fully saturated rings. The maximum atomic E-state index is 13.2. The van der Waals surface area contributed by atoms with Crippen LogP contribution in [0, 0.1) is 11.8 Å². The van der Waals surface area contributed by atoms with Gasteiger partial charge in [-0.1, -0.05) is 18.2 Å². The number of amides is 2. The Kier molecular flexibility index (Phi) is 5.19. The summed E-state index contributed by atoms with van der Waals surface area (Å²) < 4.78 is 11.6. The highest BCUT2D eigenvalue weighted by Gasteiger charge is 2.66. The summed E-state index contributed by atoms with van der Waals surface area (Å²) in [6.07, 6.45) is 4.64. The molecule has 4 atom stereocenters. The number of rotatable bonds is 7. The van der Waals surface area contributed by atoms with E-state index in [1.165, 1.54) is 4.90 Å². The van der Waals surface area contributed by atoms with Crippen molar-refractivity contribution in [3.8, 4) is 0 Å². The smallest absolute Gasteiger partial charge is 0.230 e. The molecule has 0 radical (unpaired) electrons. The van der Waals surface area contributed by atoms with Gasteiger partial charge in [0.2, 0.25) is 11.8 Å². The number of nitrogens with one attached hydrogen (secondary N) is 2. The van der Waals surface area contributed by atoms with Crippen LogP contribution in [0.1, 0.15) is 11.3 Å². The second kappa shape index (κ2) is 7.83. The third kappa shape index (κ3) is 3.52. The second-order valence-electron chi connectivity index (χ2n) is 8.43. The number of carbonyl (C=O) groups excluding carboxylic acids is 2. The molecule has 4 aliphatic heterocycles. The molecule has 4 aliphatic rings. The standard InChI is InChI=1S/C21H27N3O4S/c25-19(22-6-2-7-23-8-10-27-11-9-23)17-16-4-5-21(28-16)14-24(20(26)18(17)21)13-15-3-1-12-29-15/h1,3-5,12,16-18H,2,6-11,13-14H2,(H,22,25)/p+1. The lowest BCUT2D eigenvalue weighted by Crippen LogP contribution is -3.14. The predicted octanol–water partition coefficient (Wildman–Crippen LogP) is -0.548. The first-order valence-corrected chi connectivity index (χ1v) is 11.4. The highest BCUT2D eigenvalue weighted by Crippen LogP contribution is 2.52. The van der Waals surface area contributed by atoms with Crippen LogP contribution >= 0.6 is 11.3 Å². The monoisotopic (exact) mass is 418 g/mol. The first kappa shape index (κ1) is 19.2. The van der Waals surface area contributed by atoms with E-state index in [1.807, 2.05) is 34.6 Å². The molecule has 3 saturated heterocycles. The normalized spacial score (nSPS) is 33.4. The van der Waals surface area contributed by atoms with Crippen LogP contribution in [0.25, 0.3) is 0 Å². The predicted molar refractivity (Wildman–Crippen MR) is 107 cm³/mol. The Bertz CT molecular complexity index is 792. The zero-order chi connectivity index (χ0) is 19.8. The lowest BCUT2D eigenvalue weighted by Gasteiger charge is -2.25. The molecule has 2 amide bonds. The molecule has 0 saturated carbocycles. The van der Waals surface area contributed by atoms with E-state index in [-0.39, 0.29) is 17.9 Å². The third-order valence-corrected chi connectivity index (χ3v) is 7.48. The van der Waals surface area contributed by atoms with Gasteiger partial charge >= 0.3 is 0 Å². The lowest BCUT2D eigenvalue weighted by atomic mass is 9.77. The molecule has 1 aromatic rings. The largest absolute Gasteiger partial charge is 0.370 e. The molecule has 1 spiro atoms. The fourth-order valence-corrected chi connectivity index (χ4v) is 5.90. The third-order valence-electron chi connectivity index (χ3n) is 6.61. The van der Waals surface area contributed by atoms with Gasteiger partial charge in [-0.05, 0) is 11.4 Å². The van der Waals surface area contributed by atoms with E-state index in [1.54, 1.807) is 11.3 Å². The van der Waals surface area contributed by atoms with E-state index >= 15 is 0 Å². The lowest BCUT2D eigenvalue weighted by molar-refractivity contribution is -0.908. The molecule has 156 valence electrons. The van der Waals surface area contributed by atoms with Crippen LogP contribution in [-0.4, -0.2) is 74.4 Å². The average Bonchev–Trinajstić information content (AvgIpc) is 3.49. The maximum Gasteiger partial charge on any atom is 0.230 e. The fourth-order valence-electron chi connectivity index (χ4n) is 5.18. The van der Waals surface area contributed by atoms with E-state index < -0.39 is 17.4 Å². The van der Waals surface area contributed by atoms with Crippen molar-refractivity contribution in [3.63, 3.8) is 0 Å². The molecule has 5 rings (SSSR count). The zero-order valence-corrected chi connectivity index (χ0v) is 17.3. The molecular formula is C21H28N3O4S+. The van der Waals surface area contributed by atoms with E-state index in [2.05, 4.69) is 5.32 Å². The van der Waals surface area contributed by atoms with Gasteiger partial charge in [0.05, 0.1) is 50.8 Å². The highest BCUT2D eigenvalue weighted by atomic mass is 32.1. The van der Waals surface area contributed by atoms with Gasteiger partial charge in [0, 0.05) is 17.8 Å². The van der Waals surface area contributed by atoms with Crippen molar-refractivity contribution >= 4 is 23.2 Å².